The molecule has 3 aliphatic rings. The highest BCUT2D eigenvalue weighted by atomic mass is 16.5. The first kappa shape index (κ1) is 23.8. The van der Waals surface area contributed by atoms with E-state index in [1.165, 1.54) is 16.8 Å². The van der Waals surface area contributed by atoms with Crippen LogP contribution in [0.4, 0.5) is 10.5 Å². The molecule has 1 aliphatic carbocycles. The smallest absolute Gasteiger partial charge is 0.314 e. The number of likely N-dealkylation sites (N-methyl/N-ethyl adjacent to an activating group) is 1. The SMILES string of the molecule is CC(C)c1ccc2c(c1)[C@H]1O[C@@H](CNC(=O)NCCN(C)C)CC[C@H]1[C@H](C1C=CC=CC1)N2. The Balaban J connectivity index is 1.47. The third-order valence-electron chi connectivity index (χ3n) is 7.19. The van der Waals surface area contributed by atoms with Crippen molar-refractivity contribution in [3.63, 3.8) is 0 Å². The van der Waals surface area contributed by atoms with Gasteiger partial charge in [0, 0.05) is 48.8 Å². The maximum absolute atomic E-state index is 12.2. The Morgan fingerprint density at radius 2 is 2.06 bits per heavy atom. The Labute approximate surface area is 198 Å². The minimum atomic E-state index is -0.118. The lowest BCUT2D eigenvalue weighted by Gasteiger charge is -2.47. The van der Waals surface area contributed by atoms with Crippen molar-refractivity contribution in [2.24, 2.45) is 11.8 Å². The topological polar surface area (TPSA) is 65.6 Å². The van der Waals surface area contributed by atoms with Crippen LogP contribution >= 0.6 is 0 Å². The largest absolute Gasteiger partial charge is 0.381 e. The molecule has 0 radical (unpaired) electrons. The summed E-state index contributed by atoms with van der Waals surface area (Å²) in [5.41, 5.74) is 3.82. The number of hydrogen-bond acceptors (Lipinski definition) is 4. The van der Waals surface area contributed by atoms with Gasteiger partial charge >= 0.3 is 6.03 Å². The molecule has 6 nitrogen and oxygen atoms in total. The van der Waals surface area contributed by atoms with E-state index < -0.39 is 0 Å². The fraction of sp³-hybridized carbons (Fsp3) is 0.593. The molecule has 5 atom stereocenters. The van der Waals surface area contributed by atoms with Crippen LogP contribution in [0.1, 0.15) is 56.3 Å². The predicted molar refractivity (Wildman–Crippen MR) is 135 cm³/mol. The summed E-state index contributed by atoms with van der Waals surface area (Å²) in [6.07, 6.45) is 12.1. The van der Waals surface area contributed by atoms with Gasteiger partial charge in [0.15, 0.2) is 0 Å². The molecule has 1 aromatic rings. The van der Waals surface area contributed by atoms with Crippen LogP contribution in [0.3, 0.4) is 0 Å². The molecule has 1 fully saturated rings. The van der Waals surface area contributed by atoms with Gasteiger partial charge in [-0.25, -0.2) is 4.79 Å². The van der Waals surface area contributed by atoms with E-state index in [1.54, 1.807) is 0 Å². The predicted octanol–water partition coefficient (Wildman–Crippen LogP) is 4.43. The van der Waals surface area contributed by atoms with E-state index in [-0.39, 0.29) is 18.2 Å². The van der Waals surface area contributed by atoms with Crippen molar-refractivity contribution in [2.75, 3.05) is 39.0 Å². The molecule has 0 saturated carbocycles. The number of allylic oxidation sites excluding steroid dienone is 3. The summed E-state index contributed by atoms with van der Waals surface area (Å²) in [7, 11) is 4.00. The van der Waals surface area contributed by atoms with Crippen molar-refractivity contribution in [3.8, 4) is 0 Å². The zero-order valence-corrected chi connectivity index (χ0v) is 20.5. The van der Waals surface area contributed by atoms with Gasteiger partial charge in [0.2, 0.25) is 0 Å². The van der Waals surface area contributed by atoms with Crippen LogP contribution in [0.15, 0.2) is 42.5 Å². The number of urea groups is 1. The van der Waals surface area contributed by atoms with E-state index in [0.717, 1.165) is 25.8 Å². The molecule has 0 bridgehead atoms. The maximum atomic E-state index is 12.2. The Hall–Kier alpha value is -2.31. The minimum Gasteiger partial charge on any atom is -0.381 e. The Kier molecular flexibility index (Phi) is 7.76. The first-order valence-corrected chi connectivity index (χ1v) is 12.5. The second kappa shape index (κ2) is 10.7. The van der Waals surface area contributed by atoms with Gasteiger partial charge in [-0.3, -0.25) is 0 Å². The van der Waals surface area contributed by atoms with Crippen molar-refractivity contribution < 1.29 is 9.53 Å². The maximum Gasteiger partial charge on any atom is 0.314 e. The molecule has 0 aromatic heterocycles. The lowest BCUT2D eigenvalue weighted by molar-refractivity contribution is -0.0930. The summed E-state index contributed by atoms with van der Waals surface area (Å²) in [4.78, 5) is 14.3. The molecule has 33 heavy (non-hydrogen) atoms. The summed E-state index contributed by atoms with van der Waals surface area (Å²) in [6.45, 7) is 6.48. The fourth-order valence-corrected chi connectivity index (χ4v) is 5.27. The van der Waals surface area contributed by atoms with Gasteiger partial charge in [-0.2, -0.15) is 0 Å². The number of nitrogens with one attached hydrogen (secondary N) is 3. The van der Waals surface area contributed by atoms with Gasteiger partial charge in [0.05, 0.1) is 12.2 Å². The summed E-state index contributed by atoms with van der Waals surface area (Å²) >= 11 is 0. The van der Waals surface area contributed by atoms with E-state index in [1.807, 2.05) is 14.1 Å². The van der Waals surface area contributed by atoms with Crippen LogP contribution < -0.4 is 16.0 Å². The summed E-state index contributed by atoms with van der Waals surface area (Å²) in [5, 5.41) is 9.82. The number of carbonyl (C=O) groups is 1. The Bertz CT molecular complexity index is 879. The number of rotatable bonds is 7. The van der Waals surface area contributed by atoms with Crippen LogP contribution in [-0.2, 0) is 4.74 Å². The molecule has 0 spiro atoms. The number of hydrogen-bond donors (Lipinski definition) is 3. The molecule has 4 rings (SSSR count). The van der Waals surface area contributed by atoms with Gasteiger partial charge in [-0.15, -0.1) is 0 Å². The highest BCUT2D eigenvalue weighted by Crippen LogP contribution is 2.48. The normalized spacial score (nSPS) is 28.2. The number of ether oxygens (including phenoxy) is 1. The quantitative estimate of drug-likeness (QED) is 0.573. The second-order valence-electron chi connectivity index (χ2n) is 10.2. The van der Waals surface area contributed by atoms with Crippen LogP contribution in [0.5, 0.6) is 0 Å². The molecule has 6 heteroatoms. The molecule has 1 aromatic carbocycles. The van der Waals surface area contributed by atoms with Crippen molar-refractivity contribution in [2.45, 2.75) is 57.3 Å². The van der Waals surface area contributed by atoms with Gasteiger partial charge < -0.3 is 25.6 Å². The summed E-state index contributed by atoms with van der Waals surface area (Å²) < 4.78 is 6.73. The number of nitrogens with zero attached hydrogens (tertiary/aromatic N) is 1. The lowest BCUT2D eigenvalue weighted by atomic mass is 9.72. The van der Waals surface area contributed by atoms with Gasteiger partial charge in [-0.1, -0.05) is 50.3 Å². The third-order valence-corrected chi connectivity index (χ3v) is 7.19. The van der Waals surface area contributed by atoms with E-state index in [0.29, 0.717) is 36.9 Å². The van der Waals surface area contributed by atoms with E-state index in [9.17, 15) is 4.79 Å². The lowest BCUT2D eigenvalue weighted by Crippen LogP contribution is -2.49. The highest BCUT2D eigenvalue weighted by Gasteiger charge is 2.44. The van der Waals surface area contributed by atoms with Crippen molar-refractivity contribution in [1.82, 2.24) is 15.5 Å². The third kappa shape index (κ3) is 5.79. The standard InChI is InChI=1S/C27H40N4O2/c1-18(2)20-10-13-24-23(16-20)26-22(25(30-24)19-8-6-5-7-9-19)12-11-21(33-26)17-29-27(32)28-14-15-31(3)4/h5-8,10,13,16,18-19,21-22,25-26,30H,9,11-12,14-15,17H2,1-4H3,(H2,28,29,32)/t19?,21-,22+,25+,26+/m1/s1. The van der Waals surface area contributed by atoms with Crippen LogP contribution in [0.25, 0.3) is 0 Å². The molecular formula is C27H40N4O2. The van der Waals surface area contributed by atoms with Crippen molar-refractivity contribution >= 4 is 11.7 Å². The summed E-state index contributed by atoms with van der Waals surface area (Å²) in [5.74, 6) is 1.37. The first-order valence-electron chi connectivity index (χ1n) is 12.5. The monoisotopic (exact) mass is 452 g/mol. The molecule has 180 valence electrons. The Morgan fingerprint density at radius 1 is 1.21 bits per heavy atom. The zero-order valence-electron chi connectivity index (χ0n) is 20.5. The van der Waals surface area contributed by atoms with Crippen LogP contribution in [0.2, 0.25) is 0 Å². The summed E-state index contributed by atoms with van der Waals surface area (Å²) in [6, 6.07) is 7.05. The first-order chi connectivity index (χ1) is 15.9. The van der Waals surface area contributed by atoms with E-state index in [4.69, 9.17) is 4.74 Å². The molecule has 2 aliphatic heterocycles. The number of anilines is 1. The zero-order chi connectivity index (χ0) is 23.4. The highest BCUT2D eigenvalue weighted by molar-refractivity contribution is 5.73. The van der Waals surface area contributed by atoms with Crippen LogP contribution in [-0.4, -0.2) is 56.8 Å². The number of benzene rings is 1. The number of fused-ring (bicyclic) bond motifs is 3. The second-order valence-corrected chi connectivity index (χ2v) is 10.2. The molecular weight excluding hydrogens is 412 g/mol. The minimum absolute atomic E-state index is 0.0296. The van der Waals surface area contributed by atoms with Gasteiger partial charge in [0.1, 0.15) is 0 Å². The fourth-order valence-electron chi connectivity index (χ4n) is 5.27. The number of carbonyl (C=O) groups excluding carboxylic acids is 1. The molecule has 1 saturated heterocycles. The van der Waals surface area contributed by atoms with Crippen molar-refractivity contribution in [3.05, 3.63) is 53.6 Å². The molecule has 2 heterocycles. The van der Waals surface area contributed by atoms with Gasteiger partial charge in [0.25, 0.3) is 0 Å². The van der Waals surface area contributed by atoms with Crippen LogP contribution in [0, 0.1) is 11.8 Å². The molecule has 2 amide bonds. The Morgan fingerprint density at radius 3 is 2.79 bits per heavy atom. The average Bonchev–Trinajstić information content (AvgIpc) is 2.82. The average molecular weight is 453 g/mol. The molecule has 1 unspecified atom stereocenters. The van der Waals surface area contributed by atoms with Crippen molar-refractivity contribution in [1.29, 1.82) is 0 Å². The number of amides is 2. The molecule has 3 N–H and O–H groups in total. The van der Waals surface area contributed by atoms with Gasteiger partial charge in [-0.05, 0) is 50.9 Å². The van der Waals surface area contributed by atoms with E-state index >= 15 is 0 Å². The van der Waals surface area contributed by atoms with E-state index in [2.05, 4.69) is 77.2 Å².